The number of hydrogen-bond donors (Lipinski definition) is 0. The molecule has 1 atom stereocenters. The first-order valence-electron chi connectivity index (χ1n) is 5.30. The van der Waals surface area contributed by atoms with Crippen LogP contribution >= 0.6 is 0 Å². The molecule has 1 unspecified atom stereocenters. The molecule has 1 aromatic heterocycles. The summed E-state index contributed by atoms with van der Waals surface area (Å²) in [7, 11) is 0. The van der Waals surface area contributed by atoms with Crippen LogP contribution in [-0.4, -0.2) is 24.1 Å². The number of carbonyl (C=O) groups is 3. The normalized spacial score (nSPS) is 11.9. The molecule has 0 spiro atoms. The number of rotatable bonds is 6. The van der Waals surface area contributed by atoms with Crippen LogP contribution in [0.3, 0.4) is 0 Å². The molecule has 5 nitrogen and oxygen atoms in total. The predicted octanol–water partition coefficient (Wildman–Crippen LogP) is 1.62. The summed E-state index contributed by atoms with van der Waals surface area (Å²) < 4.78 is 9.63. The van der Waals surface area contributed by atoms with E-state index in [0.29, 0.717) is 0 Å². The van der Waals surface area contributed by atoms with Gasteiger partial charge in [-0.2, -0.15) is 0 Å². The van der Waals surface area contributed by atoms with Gasteiger partial charge in [0.05, 0.1) is 25.2 Å². The smallest absolute Gasteiger partial charge is 0.306 e. The second kappa shape index (κ2) is 5.98. The second-order valence-electron chi connectivity index (χ2n) is 3.51. The van der Waals surface area contributed by atoms with E-state index in [2.05, 4.69) is 0 Å². The summed E-state index contributed by atoms with van der Waals surface area (Å²) in [5, 5.41) is 0. The van der Waals surface area contributed by atoms with Crippen molar-refractivity contribution in [3.63, 3.8) is 0 Å². The van der Waals surface area contributed by atoms with Crippen molar-refractivity contribution in [1.82, 2.24) is 0 Å². The Labute approximate surface area is 98.7 Å². The lowest BCUT2D eigenvalue weighted by Gasteiger charge is -2.10. The third-order valence-electron chi connectivity index (χ3n) is 2.25. The molecule has 0 saturated carbocycles. The van der Waals surface area contributed by atoms with Crippen molar-refractivity contribution in [1.29, 1.82) is 0 Å². The van der Waals surface area contributed by atoms with Crippen LogP contribution in [0.4, 0.5) is 0 Å². The van der Waals surface area contributed by atoms with Gasteiger partial charge in [-0.05, 0) is 26.0 Å². The molecule has 0 aliphatic rings. The van der Waals surface area contributed by atoms with Crippen molar-refractivity contribution in [2.45, 2.75) is 20.3 Å². The number of furan rings is 1. The minimum Gasteiger partial charge on any atom is -0.466 e. The molecule has 0 amide bonds. The summed E-state index contributed by atoms with van der Waals surface area (Å²) in [5.74, 6) is -2.38. The van der Waals surface area contributed by atoms with Gasteiger partial charge >= 0.3 is 5.97 Å². The molecule has 0 radical (unpaired) electrons. The van der Waals surface area contributed by atoms with Gasteiger partial charge in [0.2, 0.25) is 5.78 Å². The van der Waals surface area contributed by atoms with Crippen LogP contribution in [0.15, 0.2) is 22.8 Å². The number of Topliss-reactive ketones (excluding diaryl/α,β-unsaturated/α-hetero) is 2. The summed E-state index contributed by atoms with van der Waals surface area (Å²) in [6, 6.07) is 3.01. The van der Waals surface area contributed by atoms with Crippen molar-refractivity contribution < 1.29 is 23.5 Å². The topological polar surface area (TPSA) is 73.6 Å². The number of hydrogen-bond acceptors (Lipinski definition) is 5. The highest BCUT2D eigenvalue weighted by Gasteiger charge is 2.29. The fourth-order valence-corrected chi connectivity index (χ4v) is 1.40. The van der Waals surface area contributed by atoms with Crippen LogP contribution in [0, 0.1) is 5.92 Å². The maximum absolute atomic E-state index is 11.9. The minimum atomic E-state index is -1.03. The summed E-state index contributed by atoms with van der Waals surface area (Å²) in [4.78, 5) is 34.5. The Kier molecular flexibility index (Phi) is 4.63. The molecule has 1 aromatic rings. The fraction of sp³-hybridized carbons (Fsp3) is 0.417. The van der Waals surface area contributed by atoms with Gasteiger partial charge in [-0.25, -0.2) is 0 Å². The summed E-state index contributed by atoms with van der Waals surface area (Å²) >= 11 is 0. The zero-order chi connectivity index (χ0) is 12.8. The van der Waals surface area contributed by atoms with Crippen molar-refractivity contribution in [3.8, 4) is 0 Å². The Hall–Kier alpha value is -1.91. The molecule has 0 aliphatic heterocycles. The molecule has 92 valence electrons. The monoisotopic (exact) mass is 238 g/mol. The van der Waals surface area contributed by atoms with E-state index >= 15 is 0 Å². The molecule has 0 bridgehead atoms. The first-order valence-corrected chi connectivity index (χ1v) is 5.30. The van der Waals surface area contributed by atoms with Crippen LogP contribution in [-0.2, 0) is 14.3 Å². The van der Waals surface area contributed by atoms with Gasteiger partial charge in [0, 0.05) is 0 Å². The number of ketones is 2. The van der Waals surface area contributed by atoms with E-state index in [1.54, 1.807) is 13.0 Å². The summed E-state index contributed by atoms with van der Waals surface area (Å²) in [6.45, 7) is 3.15. The highest BCUT2D eigenvalue weighted by atomic mass is 16.5. The minimum absolute atomic E-state index is 0.0782. The van der Waals surface area contributed by atoms with Crippen LogP contribution in [0.5, 0.6) is 0 Å². The van der Waals surface area contributed by atoms with Crippen LogP contribution in [0.25, 0.3) is 0 Å². The Morgan fingerprint density at radius 1 is 1.41 bits per heavy atom. The first-order chi connectivity index (χ1) is 8.06. The van der Waals surface area contributed by atoms with E-state index < -0.39 is 17.7 Å². The Balaban J connectivity index is 2.76. The Morgan fingerprint density at radius 3 is 2.59 bits per heavy atom. The summed E-state index contributed by atoms with van der Waals surface area (Å²) in [5.41, 5.74) is 0. The first kappa shape index (κ1) is 13.2. The molecule has 5 heteroatoms. The van der Waals surface area contributed by atoms with Crippen LogP contribution < -0.4 is 0 Å². The number of ether oxygens (including phenoxy) is 1. The van der Waals surface area contributed by atoms with Crippen molar-refractivity contribution in [3.05, 3.63) is 24.2 Å². The van der Waals surface area contributed by atoms with Crippen molar-refractivity contribution in [2.24, 2.45) is 5.92 Å². The van der Waals surface area contributed by atoms with Gasteiger partial charge in [-0.15, -0.1) is 0 Å². The third kappa shape index (κ3) is 3.55. The van der Waals surface area contributed by atoms with Gasteiger partial charge in [-0.3, -0.25) is 14.4 Å². The van der Waals surface area contributed by atoms with Crippen LogP contribution in [0.1, 0.15) is 30.8 Å². The number of carbonyl (C=O) groups excluding carboxylic acids is 3. The highest BCUT2D eigenvalue weighted by molar-refractivity contribution is 6.10. The summed E-state index contributed by atoms with van der Waals surface area (Å²) in [6.07, 6.45) is 1.09. The predicted molar refractivity (Wildman–Crippen MR) is 58.5 cm³/mol. The van der Waals surface area contributed by atoms with E-state index in [1.165, 1.54) is 19.3 Å². The molecule has 0 saturated heterocycles. The molecule has 17 heavy (non-hydrogen) atoms. The highest BCUT2D eigenvalue weighted by Crippen LogP contribution is 2.15. The zero-order valence-electron chi connectivity index (χ0n) is 9.76. The van der Waals surface area contributed by atoms with Crippen molar-refractivity contribution in [2.75, 3.05) is 6.61 Å². The molecule has 0 aromatic carbocycles. The van der Waals surface area contributed by atoms with E-state index in [4.69, 9.17) is 9.15 Å². The van der Waals surface area contributed by atoms with Crippen molar-refractivity contribution >= 4 is 17.5 Å². The molecular formula is C12H14O5. The average molecular weight is 238 g/mol. The lowest BCUT2D eigenvalue weighted by atomic mass is 9.94. The Bertz CT molecular complexity index is 405. The Morgan fingerprint density at radius 2 is 2.12 bits per heavy atom. The molecule has 0 fully saturated rings. The van der Waals surface area contributed by atoms with Gasteiger partial charge in [0.25, 0.3) is 0 Å². The molecule has 0 N–H and O–H groups in total. The fourth-order valence-electron chi connectivity index (χ4n) is 1.40. The van der Waals surface area contributed by atoms with Gasteiger partial charge < -0.3 is 9.15 Å². The lowest BCUT2D eigenvalue weighted by Crippen LogP contribution is -2.25. The van der Waals surface area contributed by atoms with Crippen LogP contribution in [0.2, 0.25) is 0 Å². The standard InChI is InChI=1S/C12H14O5/c1-3-16-11(14)7-9(8(2)13)12(15)10-5-4-6-17-10/h4-6,9H,3,7H2,1-2H3. The largest absolute Gasteiger partial charge is 0.466 e. The van der Waals surface area contributed by atoms with E-state index in [-0.39, 0.29) is 24.6 Å². The molecular weight excluding hydrogens is 224 g/mol. The van der Waals surface area contributed by atoms with Gasteiger partial charge in [-0.1, -0.05) is 0 Å². The van der Waals surface area contributed by atoms with E-state index in [0.717, 1.165) is 0 Å². The average Bonchev–Trinajstić information content (AvgIpc) is 2.78. The molecule has 0 aliphatic carbocycles. The number of esters is 1. The third-order valence-corrected chi connectivity index (χ3v) is 2.25. The molecule has 1 rings (SSSR count). The lowest BCUT2D eigenvalue weighted by molar-refractivity contribution is -0.145. The van der Waals surface area contributed by atoms with Gasteiger partial charge in [0.1, 0.15) is 5.78 Å². The second-order valence-corrected chi connectivity index (χ2v) is 3.51. The van der Waals surface area contributed by atoms with E-state index in [9.17, 15) is 14.4 Å². The maximum Gasteiger partial charge on any atom is 0.306 e. The zero-order valence-corrected chi connectivity index (χ0v) is 9.76. The van der Waals surface area contributed by atoms with E-state index in [1.807, 2.05) is 0 Å². The van der Waals surface area contributed by atoms with Gasteiger partial charge in [0.15, 0.2) is 5.76 Å². The molecule has 1 heterocycles. The quantitative estimate of drug-likeness (QED) is 0.427. The maximum atomic E-state index is 11.9. The SMILES string of the molecule is CCOC(=O)CC(C(C)=O)C(=O)c1ccco1.